The molecule has 0 aromatic heterocycles. The van der Waals surface area contributed by atoms with Gasteiger partial charge in [-0.2, -0.15) is 12.6 Å². The highest BCUT2D eigenvalue weighted by atomic mass is 35.5. The van der Waals surface area contributed by atoms with Crippen LogP contribution in [0.3, 0.4) is 0 Å². The lowest BCUT2D eigenvalue weighted by Gasteiger charge is -2.03. The monoisotopic (exact) mass is 229 g/mol. The van der Waals surface area contributed by atoms with Gasteiger partial charge in [-0.1, -0.05) is 11.6 Å². The van der Waals surface area contributed by atoms with Crippen molar-refractivity contribution in [3.63, 3.8) is 0 Å². The Morgan fingerprint density at radius 2 is 2.00 bits per heavy atom. The minimum atomic E-state index is 0.0152. The Hall–Kier alpha value is -0.670. The van der Waals surface area contributed by atoms with Crippen molar-refractivity contribution in [3.8, 4) is 0 Å². The third-order valence-electron chi connectivity index (χ3n) is 1.69. The standard InChI is InChI=1S/C10H12ClNOS/c11-8-3-5-9(6-4-8)12-10(13)2-1-7-14/h3-6,14H,1-2,7H2,(H,12,13). The first-order valence-electron chi connectivity index (χ1n) is 4.38. The summed E-state index contributed by atoms with van der Waals surface area (Å²) in [6.45, 7) is 0. The molecule has 1 aromatic rings. The molecule has 0 saturated heterocycles. The Kier molecular flexibility index (Phi) is 4.84. The number of anilines is 1. The molecule has 1 aromatic carbocycles. The lowest BCUT2D eigenvalue weighted by molar-refractivity contribution is -0.116. The number of halogens is 1. The zero-order valence-corrected chi connectivity index (χ0v) is 9.31. The number of nitrogens with one attached hydrogen (secondary N) is 1. The third kappa shape index (κ3) is 4.03. The van der Waals surface area contributed by atoms with E-state index in [1.807, 2.05) is 0 Å². The van der Waals surface area contributed by atoms with E-state index in [9.17, 15) is 4.79 Å². The molecule has 0 bridgehead atoms. The average molecular weight is 230 g/mol. The van der Waals surface area contributed by atoms with Gasteiger partial charge < -0.3 is 5.32 Å². The highest BCUT2D eigenvalue weighted by molar-refractivity contribution is 7.80. The van der Waals surface area contributed by atoms with Crippen LogP contribution in [0.25, 0.3) is 0 Å². The van der Waals surface area contributed by atoms with Crippen molar-refractivity contribution in [2.24, 2.45) is 0 Å². The van der Waals surface area contributed by atoms with Crippen LogP contribution < -0.4 is 5.32 Å². The summed E-state index contributed by atoms with van der Waals surface area (Å²) in [6, 6.07) is 7.05. The van der Waals surface area contributed by atoms with Crippen molar-refractivity contribution in [3.05, 3.63) is 29.3 Å². The lowest BCUT2D eigenvalue weighted by Crippen LogP contribution is -2.10. The maximum atomic E-state index is 11.3. The summed E-state index contributed by atoms with van der Waals surface area (Å²) in [7, 11) is 0. The molecule has 0 atom stereocenters. The first-order valence-corrected chi connectivity index (χ1v) is 5.39. The molecular formula is C10H12ClNOS. The minimum Gasteiger partial charge on any atom is -0.326 e. The van der Waals surface area contributed by atoms with Gasteiger partial charge in [0.2, 0.25) is 5.91 Å². The molecule has 1 amide bonds. The van der Waals surface area contributed by atoms with E-state index in [-0.39, 0.29) is 5.91 Å². The van der Waals surface area contributed by atoms with E-state index < -0.39 is 0 Å². The molecule has 0 aliphatic carbocycles. The summed E-state index contributed by atoms with van der Waals surface area (Å²) < 4.78 is 0. The maximum absolute atomic E-state index is 11.3. The zero-order valence-electron chi connectivity index (χ0n) is 7.66. The number of carbonyl (C=O) groups is 1. The number of hydrogen-bond donors (Lipinski definition) is 2. The zero-order chi connectivity index (χ0) is 10.4. The van der Waals surface area contributed by atoms with Gasteiger partial charge in [-0.05, 0) is 36.4 Å². The van der Waals surface area contributed by atoms with Crippen molar-refractivity contribution in [2.75, 3.05) is 11.1 Å². The molecule has 0 spiro atoms. The van der Waals surface area contributed by atoms with Crippen LogP contribution >= 0.6 is 24.2 Å². The SMILES string of the molecule is O=C(CCCS)Nc1ccc(Cl)cc1. The predicted octanol–water partition coefficient (Wildman–Crippen LogP) is 2.99. The number of thiol groups is 1. The number of benzene rings is 1. The second kappa shape index (κ2) is 5.94. The van der Waals surface area contributed by atoms with E-state index in [2.05, 4.69) is 17.9 Å². The van der Waals surface area contributed by atoms with Crippen LogP contribution in [0.1, 0.15) is 12.8 Å². The average Bonchev–Trinajstić information content (AvgIpc) is 2.18. The van der Waals surface area contributed by atoms with Crippen LogP contribution in [0, 0.1) is 0 Å². The van der Waals surface area contributed by atoms with Crippen molar-refractivity contribution < 1.29 is 4.79 Å². The summed E-state index contributed by atoms with van der Waals surface area (Å²) >= 11 is 9.75. The molecule has 76 valence electrons. The number of carbonyl (C=O) groups excluding carboxylic acids is 1. The predicted molar refractivity (Wildman–Crippen MR) is 63.2 cm³/mol. The summed E-state index contributed by atoms with van der Waals surface area (Å²) in [5, 5.41) is 3.44. The smallest absolute Gasteiger partial charge is 0.224 e. The van der Waals surface area contributed by atoms with Gasteiger partial charge in [0.05, 0.1) is 0 Å². The van der Waals surface area contributed by atoms with Crippen LogP contribution in [-0.4, -0.2) is 11.7 Å². The van der Waals surface area contributed by atoms with Gasteiger partial charge in [-0.15, -0.1) is 0 Å². The van der Waals surface area contributed by atoms with E-state index in [0.717, 1.165) is 17.9 Å². The molecule has 0 saturated carbocycles. The van der Waals surface area contributed by atoms with Crippen molar-refractivity contribution >= 4 is 35.8 Å². The summed E-state index contributed by atoms with van der Waals surface area (Å²) in [4.78, 5) is 11.3. The molecule has 4 heteroatoms. The fourth-order valence-electron chi connectivity index (χ4n) is 0.996. The van der Waals surface area contributed by atoms with Gasteiger partial charge in [-0.3, -0.25) is 4.79 Å². The van der Waals surface area contributed by atoms with E-state index in [1.165, 1.54) is 0 Å². The highest BCUT2D eigenvalue weighted by Crippen LogP contribution is 2.13. The summed E-state index contributed by atoms with van der Waals surface area (Å²) in [5.74, 6) is 0.745. The maximum Gasteiger partial charge on any atom is 0.224 e. The first kappa shape index (κ1) is 11.4. The number of hydrogen-bond acceptors (Lipinski definition) is 2. The van der Waals surface area contributed by atoms with E-state index in [4.69, 9.17) is 11.6 Å². The molecular weight excluding hydrogens is 218 g/mol. The quantitative estimate of drug-likeness (QED) is 0.764. The topological polar surface area (TPSA) is 29.1 Å². The largest absolute Gasteiger partial charge is 0.326 e. The molecule has 1 rings (SSSR count). The van der Waals surface area contributed by atoms with Gasteiger partial charge in [-0.25, -0.2) is 0 Å². The second-order valence-electron chi connectivity index (χ2n) is 2.88. The molecule has 14 heavy (non-hydrogen) atoms. The van der Waals surface area contributed by atoms with Crippen molar-refractivity contribution in [1.29, 1.82) is 0 Å². The fourth-order valence-corrected chi connectivity index (χ4v) is 1.28. The molecule has 0 aliphatic rings. The van der Waals surface area contributed by atoms with Crippen LogP contribution in [-0.2, 0) is 4.79 Å². The fraction of sp³-hybridized carbons (Fsp3) is 0.300. The van der Waals surface area contributed by atoms with Crippen LogP contribution in [0.4, 0.5) is 5.69 Å². The van der Waals surface area contributed by atoms with Gasteiger partial charge in [0, 0.05) is 17.1 Å². The number of amides is 1. The van der Waals surface area contributed by atoms with Crippen LogP contribution in [0.2, 0.25) is 5.02 Å². The normalized spacial score (nSPS) is 9.86. The molecule has 1 N–H and O–H groups in total. The Labute approximate surface area is 94.1 Å². The number of rotatable bonds is 4. The molecule has 0 heterocycles. The third-order valence-corrected chi connectivity index (χ3v) is 2.26. The minimum absolute atomic E-state index is 0.0152. The van der Waals surface area contributed by atoms with E-state index in [0.29, 0.717) is 11.4 Å². The second-order valence-corrected chi connectivity index (χ2v) is 3.77. The highest BCUT2D eigenvalue weighted by Gasteiger charge is 2.00. The van der Waals surface area contributed by atoms with Crippen molar-refractivity contribution in [2.45, 2.75) is 12.8 Å². The van der Waals surface area contributed by atoms with E-state index >= 15 is 0 Å². The Balaban J connectivity index is 2.44. The van der Waals surface area contributed by atoms with Crippen molar-refractivity contribution in [1.82, 2.24) is 0 Å². The van der Waals surface area contributed by atoms with Crippen LogP contribution in [0.15, 0.2) is 24.3 Å². The Morgan fingerprint density at radius 1 is 1.36 bits per heavy atom. The van der Waals surface area contributed by atoms with Gasteiger partial charge >= 0.3 is 0 Å². The molecule has 0 radical (unpaired) electrons. The summed E-state index contributed by atoms with van der Waals surface area (Å²) in [5.41, 5.74) is 0.776. The van der Waals surface area contributed by atoms with E-state index in [1.54, 1.807) is 24.3 Å². The summed E-state index contributed by atoms with van der Waals surface area (Å²) in [6.07, 6.45) is 1.30. The van der Waals surface area contributed by atoms with Gasteiger partial charge in [0.1, 0.15) is 0 Å². The first-order chi connectivity index (χ1) is 6.72. The van der Waals surface area contributed by atoms with Gasteiger partial charge in [0.15, 0.2) is 0 Å². The van der Waals surface area contributed by atoms with Gasteiger partial charge in [0.25, 0.3) is 0 Å². The molecule has 0 aliphatic heterocycles. The Bertz CT molecular complexity index is 299. The molecule has 0 unspecified atom stereocenters. The lowest BCUT2D eigenvalue weighted by atomic mass is 10.3. The molecule has 2 nitrogen and oxygen atoms in total. The Morgan fingerprint density at radius 3 is 2.57 bits per heavy atom. The molecule has 0 fully saturated rings. The van der Waals surface area contributed by atoms with Crippen LogP contribution in [0.5, 0.6) is 0 Å².